The van der Waals surface area contributed by atoms with Gasteiger partial charge in [-0.05, 0) is 57.5 Å². The van der Waals surface area contributed by atoms with Crippen molar-refractivity contribution in [2.75, 3.05) is 33.3 Å². The van der Waals surface area contributed by atoms with Gasteiger partial charge in [-0.25, -0.2) is 4.99 Å². The number of nitrogens with zero attached hydrogens (tertiary/aromatic N) is 2. The predicted octanol–water partition coefficient (Wildman–Crippen LogP) is 3.40. The maximum atomic E-state index is 5.15. The van der Waals surface area contributed by atoms with E-state index in [0.29, 0.717) is 19.2 Å². The Kier molecular flexibility index (Phi) is 11.7. The van der Waals surface area contributed by atoms with E-state index in [4.69, 9.17) is 9.73 Å². The van der Waals surface area contributed by atoms with Crippen LogP contribution in [0.5, 0.6) is 0 Å². The van der Waals surface area contributed by atoms with Crippen molar-refractivity contribution in [1.29, 1.82) is 0 Å². The maximum Gasteiger partial charge on any atom is 0.191 e. The number of rotatable bonds is 12. The summed E-state index contributed by atoms with van der Waals surface area (Å²) in [6.07, 6.45) is 2.35. The third-order valence-electron chi connectivity index (χ3n) is 4.49. The van der Waals surface area contributed by atoms with Crippen molar-refractivity contribution in [3.63, 3.8) is 0 Å². The van der Waals surface area contributed by atoms with E-state index in [9.17, 15) is 0 Å². The van der Waals surface area contributed by atoms with Gasteiger partial charge < -0.3 is 20.3 Å². The molecule has 1 unspecified atom stereocenters. The topological polar surface area (TPSA) is 48.9 Å². The van der Waals surface area contributed by atoms with Crippen molar-refractivity contribution >= 4 is 5.96 Å². The van der Waals surface area contributed by atoms with Crippen LogP contribution in [0.15, 0.2) is 29.3 Å². The average Bonchev–Trinajstić information content (AvgIpc) is 2.65. The highest BCUT2D eigenvalue weighted by Crippen LogP contribution is 2.07. The molecular formula is C21H38N4O. The number of methoxy groups -OCH3 is 1. The molecule has 0 fully saturated rings. The van der Waals surface area contributed by atoms with Gasteiger partial charge in [0.05, 0.1) is 13.2 Å². The molecule has 0 aliphatic carbocycles. The summed E-state index contributed by atoms with van der Waals surface area (Å²) >= 11 is 0. The Hall–Kier alpha value is -1.59. The van der Waals surface area contributed by atoms with Gasteiger partial charge >= 0.3 is 0 Å². The average molecular weight is 363 g/mol. The summed E-state index contributed by atoms with van der Waals surface area (Å²) in [4.78, 5) is 7.20. The predicted molar refractivity (Wildman–Crippen MR) is 112 cm³/mol. The molecule has 5 heteroatoms. The molecule has 1 atom stereocenters. The molecule has 0 saturated heterocycles. The molecule has 0 aromatic heterocycles. The first-order valence-electron chi connectivity index (χ1n) is 9.96. The fraction of sp³-hybridized carbons (Fsp3) is 0.667. The molecule has 0 saturated carbocycles. The van der Waals surface area contributed by atoms with E-state index < -0.39 is 0 Å². The summed E-state index contributed by atoms with van der Waals surface area (Å²) in [5, 5.41) is 6.88. The molecule has 2 N–H and O–H groups in total. The highest BCUT2D eigenvalue weighted by Gasteiger charge is 2.06. The van der Waals surface area contributed by atoms with E-state index in [0.717, 1.165) is 32.0 Å². The summed E-state index contributed by atoms with van der Waals surface area (Å²) in [7, 11) is 1.72. The van der Waals surface area contributed by atoms with Crippen LogP contribution in [0.3, 0.4) is 0 Å². The van der Waals surface area contributed by atoms with Gasteiger partial charge in [-0.15, -0.1) is 0 Å². The van der Waals surface area contributed by atoms with Crippen LogP contribution in [-0.4, -0.2) is 50.2 Å². The first kappa shape index (κ1) is 22.5. The lowest BCUT2D eigenvalue weighted by Crippen LogP contribution is -2.42. The van der Waals surface area contributed by atoms with Crippen molar-refractivity contribution in [3.05, 3.63) is 35.4 Å². The highest BCUT2D eigenvalue weighted by atomic mass is 16.5. The van der Waals surface area contributed by atoms with Gasteiger partial charge in [0.25, 0.3) is 0 Å². The van der Waals surface area contributed by atoms with Crippen LogP contribution in [0, 0.1) is 0 Å². The van der Waals surface area contributed by atoms with E-state index in [-0.39, 0.29) is 0 Å². The van der Waals surface area contributed by atoms with E-state index in [1.807, 2.05) is 0 Å². The first-order valence-corrected chi connectivity index (χ1v) is 9.96. The molecule has 0 spiro atoms. The van der Waals surface area contributed by atoms with Gasteiger partial charge in [0.15, 0.2) is 5.96 Å². The van der Waals surface area contributed by atoms with Crippen LogP contribution < -0.4 is 10.6 Å². The van der Waals surface area contributed by atoms with Crippen LogP contribution in [0.4, 0.5) is 0 Å². The van der Waals surface area contributed by atoms with Crippen LogP contribution >= 0.6 is 0 Å². The van der Waals surface area contributed by atoms with E-state index in [1.165, 1.54) is 24.1 Å². The maximum absolute atomic E-state index is 5.15. The lowest BCUT2D eigenvalue weighted by atomic mass is 10.1. The second-order valence-electron chi connectivity index (χ2n) is 6.66. The van der Waals surface area contributed by atoms with Gasteiger partial charge in [0.1, 0.15) is 0 Å². The normalized spacial score (nSPS) is 13.1. The van der Waals surface area contributed by atoms with Crippen LogP contribution in [0.2, 0.25) is 0 Å². The molecule has 0 bridgehead atoms. The number of nitrogens with one attached hydrogen (secondary N) is 2. The fourth-order valence-corrected chi connectivity index (χ4v) is 2.86. The zero-order valence-corrected chi connectivity index (χ0v) is 17.3. The molecule has 26 heavy (non-hydrogen) atoms. The Morgan fingerprint density at radius 2 is 1.77 bits per heavy atom. The SMILES string of the molecule is CCNC(=NCc1ccc(COC)cc1)NC(C)CCCN(CC)CC. The Bertz CT molecular complexity index is 497. The Balaban J connectivity index is 2.48. The molecule has 148 valence electrons. The molecule has 1 aromatic rings. The lowest BCUT2D eigenvalue weighted by molar-refractivity contribution is 0.185. The Morgan fingerprint density at radius 3 is 2.35 bits per heavy atom. The minimum atomic E-state index is 0.410. The van der Waals surface area contributed by atoms with Gasteiger partial charge in [-0.2, -0.15) is 0 Å². The lowest BCUT2D eigenvalue weighted by Gasteiger charge is -2.21. The van der Waals surface area contributed by atoms with Gasteiger partial charge in [-0.1, -0.05) is 38.1 Å². The Morgan fingerprint density at radius 1 is 1.12 bits per heavy atom. The monoisotopic (exact) mass is 362 g/mol. The van der Waals surface area contributed by atoms with Crippen molar-refractivity contribution in [2.45, 2.75) is 59.7 Å². The number of guanidine groups is 1. The summed E-state index contributed by atoms with van der Waals surface area (Å²) < 4.78 is 5.15. The number of ether oxygens (including phenoxy) is 1. The minimum Gasteiger partial charge on any atom is -0.380 e. The molecule has 0 amide bonds. The molecule has 1 rings (SSSR count). The third kappa shape index (κ3) is 9.20. The second-order valence-corrected chi connectivity index (χ2v) is 6.66. The molecule has 0 aliphatic rings. The fourth-order valence-electron chi connectivity index (χ4n) is 2.86. The number of hydrogen-bond donors (Lipinski definition) is 2. The zero-order valence-electron chi connectivity index (χ0n) is 17.3. The number of benzene rings is 1. The van der Waals surface area contributed by atoms with Crippen LogP contribution in [0.1, 0.15) is 51.7 Å². The molecule has 0 heterocycles. The van der Waals surface area contributed by atoms with Gasteiger partial charge in [-0.3, -0.25) is 0 Å². The van der Waals surface area contributed by atoms with Crippen LogP contribution in [0.25, 0.3) is 0 Å². The molecule has 5 nitrogen and oxygen atoms in total. The molecule has 1 aromatic carbocycles. The van der Waals surface area contributed by atoms with E-state index in [2.05, 4.69) is 67.5 Å². The van der Waals surface area contributed by atoms with Crippen molar-refractivity contribution in [3.8, 4) is 0 Å². The summed E-state index contributed by atoms with van der Waals surface area (Å²) in [5.41, 5.74) is 2.39. The molecule has 0 aliphatic heterocycles. The summed E-state index contributed by atoms with van der Waals surface area (Å²) in [6, 6.07) is 8.85. The number of hydrogen-bond acceptors (Lipinski definition) is 3. The molecule has 0 radical (unpaired) electrons. The highest BCUT2D eigenvalue weighted by molar-refractivity contribution is 5.80. The van der Waals surface area contributed by atoms with Gasteiger partial charge in [0.2, 0.25) is 0 Å². The summed E-state index contributed by atoms with van der Waals surface area (Å²) in [6.45, 7) is 14.4. The van der Waals surface area contributed by atoms with Crippen molar-refractivity contribution < 1.29 is 4.74 Å². The third-order valence-corrected chi connectivity index (χ3v) is 4.49. The quantitative estimate of drug-likeness (QED) is 0.442. The molecular weight excluding hydrogens is 324 g/mol. The number of aliphatic imine (C=N–C) groups is 1. The van der Waals surface area contributed by atoms with E-state index in [1.54, 1.807) is 7.11 Å². The second kappa shape index (κ2) is 13.6. The van der Waals surface area contributed by atoms with Crippen LogP contribution in [-0.2, 0) is 17.9 Å². The summed E-state index contributed by atoms with van der Waals surface area (Å²) in [5.74, 6) is 0.892. The van der Waals surface area contributed by atoms with Gasteiger partial charge in [0, 0.05) is 19.7 Å². The standard InChI is InChI=1S/C21H38N4O/c1-6-22-21(24-18(4)10-9-15-25(7-2)8-3)23-16-19-11-13-20(14-12-19)17-26-5/h11-14,18H,6-10,15-17H2,1-5H3,(H2,22,23,24). The minimum absolute atomic E-state index is 0.410. The van der Waals surface area contributed by atoms with Crippen molar-refractivity contribution in [2.24, 2.45) is 4.99 Å². The van der Waals surface area contributed by atoms with E-state index >= 15 is 0 Å². The zero-order chi connectivity index (χ0) is 19.2. The smallest absolute Gasteiger partial charge is 0.191 e. The Labute approximate surface area is 160 Å². The first-order chi connectivity index (χ1) is 12.6. The largest absolute Gasteiger partial charge is 0.380 e. The van der Waals surface area contributed by atoms with Crippen molar-refractivity contribution in [1.82, 2.24) is 15.5 Å².